The molecule has 3 heterocycles. The SMILES string of the molecule is Cc1ccc(Cn2cc(NC(=O)N3N=C(c4cccnc4)CC3c3ccccc3O)ccc2=O)cc1C. The van der Waals surface area contributed by atoms with Crippen LogP contribution in [0.3, 0.4) is 0 Å². The van der Waals surface area contributed by atoms with Crippen LogP contribution in [0.4, 0.5) is 10.5 Å². The number of phenolic OH excluding ortho intramolecular Hbond substituents is 1. The molecule has 37 heavy (non-hydrogen) atoms. The van der Waals surface area contributed by atoms with Crippen molar-refractivity contribution in [3.05, 3.63) is 123 Å². The summed E-state index contributed by atoms with van der Waals surface area (Å²) in [6.45, 7) is 4.47. The van der Waals surface area contributed by atoms with Gasteiger partial charge in [-0.1, -0.05) is 42.5 Å². The molecular weight excluding hydrogens is 466 g/mol. The molecule has 2 amide bonds. The van der Waals surface area contributed by atoms with Crippen molar-refractivity contribution in [2.24, 2.45) is 5.10 Å². The third-order valence-electron chi connectivity index (χ3n) is 6.57. The van der Waals surface area contributed by atoms with Gasteiger partial charge in [0.05, 0.1) is 24.0 Å². The monoisotopic (exact) mass is 493 g/mol. The average molecular weight is 494 g/mol. The number of hydrogen-bond acceptors (Lipinski definition) is 5. The highest BCUT2D eigenvalue weighted by molar-refractivity contribution is 6.04. The topological polar surface area (TPSA) is 99.8 Å². The Kier molecular flexibility index (Phi) is 6.55. The van der Waals surface area contributed by atoms with Crippen molar-refractivity contribution in [3.63, 3.8) is 0 Å². The van der Waals surface area contributed by atoms with Gasteiger partial charge in [0.1, 0.15) is 5.75 Å². The minimum atomic E-state index is -0.502. The van der Waals surface area contributed by atoms with Gasteiger partial charge in [0.2, 0.25) is 0 Å². The third-order valence-corrected chi connectivity index (χ3v) is 6.57. The van der Waals surface area contributed by atoms with Gasteiger partial charge in [-0.25, -0.2) is 9.80 Å². The van der Waals surface area contributed by atoms with Gasteiger partial charge in [0.25, 0.3) is 5.56 Å². The zero-order valence-electron chi connectivity index (χ0n) is 20.6. The number of phenols is 1. The molecule has 4 aromatic rings. The molecule has 2 N–H and O–H groups in total. The van der Waals surface area contributed by atoms with Crippen LogP contribution >= 0.6 is 0 Å². The number of rotatable bonds is 5. The van der Waals surface area contributed by atoms with Gasteiger partial charge >= 0.3 is 6.03 Å². The van der Waals surface area contributed by atoms with E-state index in [4.69, 9.17) is 0 Å². The number of aromatic hydroxyl groups is 1. The third kappa shape index (κ3) is 5.13. The van der Waals surface area contributed by atoms with Crippen molar-refractivity contribution in [3.8, 4) is 5.75 Å². The van der Waals surface area contributed by atoms with Crippen LogP contribution in [0.1, 0.15) is 40.3 Å². The molecule has 1 aliphatic rings. The summed E-state index contributed by atoms with van der Waals surface area (Å²) in [4.78, 5) is 30.1. The maximum absolute atomic E-state index is 13.4. The largest absolute Gasteiger partial charge is 0.508 e. The average Bonchev–Trinajstić information content (AvgIpc) is 3.34. The first-order valence-corrected chi connectivity index (χ1v) is 12.0. The zero-order valence-corrected chi connectivity index (χ0v) is 20.6. The van der Waals surface area contributed by atoms with Crippen LogP contribution in [0.25, 0.3) is 0 Å². The van der Waals surface area contributed by atoms with Crippen molar-refractivity contribution < 1.29 is 9.90 Å². The Morgan fingerprint density at radius 3 is 2.65 bits per heavy atom. The second kappa shape index (κ2) is 10.1. The van der Waals surface area contributed by atoms with Crippen molar-refractivity contribution >= 4 is 17.4 Å². The second-order valence-electron chi connectivity index (χ2n) is 9.14. The van der Waals surface area contributed by atoms with E-state index in [1.165, 1.54) is 16.6 Å². The minimum Gasteiger partial charge on any atom is -0.508 e. The summed E-state index contributed by atoms with van der Waals surface area (Å²) < 4.78 is 1.56. The molecule has 0 saturated heterocycles. The van der Waals surface area contributed by atoms with Crippen LogP contribution < -0.4 is 10.9 Å². The summed E-state index contributed by atoms with van der Waals surface area (Å²) in [6, 6.07) is 18.8. The first-order valence-electron chi connectivity index (χ1n) is 12.0. The fourth-order valence-electron chi connectivity index (χ4n) is 4.43. The van der Waals surface area contributed by atoms with E-state index >= 15 is 0 Å². The number of para-hydroxylation sites is 1. The molecule has 1 unspecified atom stereocenters. The van der Waals surface area contributed by atoms with E-state index < -0.39 is 12.1 Å². The number of amides is 2. The summed E-state index contributed by atoms with van der Waals surface area (Å²) in [5.74, 6) is 0.0925. The fourth-order valence-corrected chi connectivity index (χ4v) is 4.43. The fraction of sp³-hybridized carbons (Fsp3) is 0.172. The smallest absolute Gasteiger partial charge is 0.342 e. The molecule has 0 saturated carbocycles. The van der Waals surface area contributed by atoms with Gasteiger partial charge < -0.3 is 15.0 Å². The molecule has 0 radical (unpaired) electrons. The van der Waals surface area contributed by atoms with Crippen molar-refractivity contribution in [1.82, 2.24) is 14.6 Å². The Morgan fingerprint density at radius 1 is 1.05 bits per heavy atom. The molecule has 5 rings (SSSR count). The summed E-state index contributed by atoms with van der Waals surface area (Å²) in [5.41, 5.74) is 5.74. The van der Waals surface area contributed by atoms with E-state index in [0.717, 1.165) is 16.7 Å². The number of hydrazone groups is 1. The molecule has 2 aromatic heterocycles. The molecule has 186 valence electrons. The molecule has 8 nitrogen and oxygen atoms in total. The highest BCUT2D eigenvalue weighted by Crippen LogP contribution is 2.37. The minimum absolute atomic E-state index is 0.0925. The van der Waals surface area contributed by atoms with Gasteiger partial charge in [0.15, 0.2) is 0 Å². The van der Waals surface area contributed by atoms with Crippen molar-refractivity contribution in [2.75, 3.05) is 5.32 Å². The number of nitrogens with zero attached hydrogens (tertiary/aromatic N) is 4. The number of carbonyl (C=O) groups is 1. The Bertz CT molecular complexity index is 1540. The predicted octanol–water partition coefficient (Wildman–Crippen LogP) is 5.00. The Balaban J connectivity index is 1.42. The number of benzene rings is 2. The molecule has 0 bridgehead atoms. The van der Waals surface area contributed by atoms with Gasteiger partial charge in [-0.05, 0) is 48.7 Å². The number of pyridine rings is 2. The quantitative estimate of drug-likeness (QED) is 0.409. The van der Waals surface area contributed by atoms with Gasteiger partial charge in [-0.2, -0.15) is 5.10 Å². The van der Waals surface area contributed by atoms with Crippen LogP contribution in [-0.2, 0) is 6.54 Å². The van der Waals surface area contributed by atoms with Crippen LogP contribution in [0.2, 0.25) is 0 Å². The summed E-state index contributed by atoms with van der Waals surface area (Å²) in [6.07, 6.45) is 5.43. The number of aromatic nitrogens is 2. The highest BCUT2D eigenvalue weighted by atomic mass is 16.3. The van der Waals surface area contributed by atoms with Crippen LogP contribution in [0.5, 0.6) is 5.75 Å². The number of anilines is 1. The molecule has 0 aliphatic carbocycles. The van der Waals surface area contributed by atoms with E-state index in [1.54, 1.807) is 47.4 Å². The Hall–Kier alpha value is -4.72. The van der Waals surface area contributed by atoms with E-state index in [9.17, 15) is 14.7 Å². The number of carbonyl (C=O) groups excluding carboxylic acids is 1. The molecule has 8 heteroatoms. The standard InChI is InChI=1S/C29H27N5O3/c1-19-9-10-21(14-20(19)2)17-33-18-23(11-12-28(33)36)31-29(37)34-26(24-7-3-4-8-27(24)35)15-25(32-34)22-6-5-13-30-16-22/h3-14,16,18,26,35H,15,17H2,1-2H3,(H,31,37). The van der Waals surface area contributed by atoms with E-state index in [1.807, 2.05) is 44.2 Å². The molecule has 0 spiro atoms. The lowest BCUT2D eigenvalue weighted by atomic mass is 9.98. The molecule has 2 aromatic carbocycles. The van der Waals surface area contributed by atoms with E-state index in [2.05, 4.69) is 21.5 Å². The molecule has 1 atom stereocenters. The number of nitrogens with one attached hydrogen (secondary N) is 1. The lowest BCUT2D eigenvalue weighted by Gasteiger charge is -2.23. The van der Waals surface area contributed by atoms with Gasteiger partial charge in [-0.3, -0.25) is 9.78 Å². The first-order chi connectivity index (χ1) is 17.9. The van der Waals surface area contributed by atoms with Crippen LogP contribution in [0, 0.1) is 13.8 Å². The normalized spacial score (nSPS) is 14.9. The van der Waals surface area contributed by atoms with Gasteiger partial charge in [0, 0.05) is 42.2 Å². The lowest BCUT2D eigenvalue weighted by molar-refractivity contribution is 0.199. The predicted molar refractivity (Wildman–Crippen MR) is 143 cm³/mol. The maximum atomic E-state index is 13.4. The first kappa shape index (κ1) is 24.0. The van der Waals surface area contributed by atoms with Crippen LogP contribution in [0.15, 0.2) is 95.2 Å². The van der Waals surface area contributed by atoms with Crippen molar-refractivity contribution in [1.29, 1.82) is 0 Å². The second-order valence-corrected chi connectivity index (χ2v) is 9.14. The summed E-state index contributed by atoms with van der Waals surface area (Å²) in [5, 5.41) is 19.3. The summed E-state index contributed by atoms with van der Waals surface area (Å²) >= 11 is 0. The van der Waals surface area contributed by atoms with Crippen LogP contribution in [-0.4, -0.2) is 31.4 Å². The maximum Gasteiger partial charge on any atom is 0.342 e. The van der Waals surface area contributed by atoms with E-state index in [0.29, 0.717) is 29.9 Å². The van der Waals surface area contributed by atoms with E-state index in [-0.39, 0.29) is 11.3 Å². The number of hydrogen-bond donors (Lipinski definition) is 2. The Morgan fingerprint density at radius 2 is 1.89 bits per heavy atom. The van der Waals surface area contributed by atoms with Gasteiger partial charge in [-0.15, -0.1) is 0 Å². The van der Waals surface area contributed by atoms with Crippen molar-refractivity contribution in [2.45, 2.75) is 32.9 Å². The summed E-state index contributed by atoms with van der Waals surface area (Å²) in [7, 11) is 0. The molecule has 0 fully saturated rings. The number of aryl methyl sites for hydroxylation is 2. The Labute approximate surface area is 214 Å². The highest BCUT2D eigenvalue weighted by Gasteiger charge is 2.34. The zero-order chi connectivity index (χ0) is 25.9. The number of urea groups is 1. The molecule has 1 aliphatic heterocycles. The molecular formula is C29H27N5O3. The lowest BCUT2D eigenvalue weighted by Crippen LogP contribution is -2.32.